The first-order chi connectivity index (χ1) is 8.58. The summed E-state index contributed by atoms with van der Waals surface area (Å²) in [5.74, 6) is -2.66. The van der Waals surface area contributed by atoms with Crippen molar-refractivity contribution in [3.63, 3.8) is 0 Å². The SMILES string of the molecule is Nc1cc(F)c(F)cc1C(=O)NCc1ncon1. The predicted octanol–water partition coefficient (Wildman–Crippen LogP) is 0.860. The summed E-state index contributed by atoms with van der Waals surface area (Å²) < 4.78 is 30.3. The second kappa shape index (κ2) is 4.78. The van der Waals surface area contributed by atoms with Gasteiger partial charge in [-0.2, -0.15) is 4.98 Å². The zero-order valence-electron chi connectivity index (χ0n) is 8.98. The van der Waals surface area contributed by atoms with Crippen molar-refractivity contribution in [3.05, 3.63) is 41.5 Å². The van der Waals surface area contributed by atoms with E-state index in [0.29, 0.717) is 0 Å². The van der Waals surface area contributed by atoms with Crippen LogP contribution in [0, 0.1) is 11.6 Å². The number of benzene rings is 1. The fraction of sp³-hybridized carbons (Fsp3) is 0.100. The number of rotatable bonds is 3. The molecule has 6 nitrogen and oxygen atoms in total. The number of nitrogens with one attached hydrogen (secondary N) is 1. The Balaban J connectivity index is 2.11. The molecule has 0 saturated carbocycles. The van der Waals surface area contributed by atoms with E-state index in [1.54, 1.807) is 0 Å². The Kier molecular flexibility index (Phi) is 3.18. The summed E-state index contributed by atoms with van der Waals surface area (Å²) in [4.78, 5) is 15.3. The molecular weight excluding hydrogens is 246 g/mol. The molecule has 2 rings (SSSR count). The molecule has 0 radical (unpaired) electrons. The summed E-state index contributed by atoms with van der Waals surface area (Å²) >= 11 is 0. The Morgan fingerprint density at radius 3 is 2.78 bits per heavy atom. The highest BCUT2D eigenvalue weighted by atomic mass is 19.2. The van der Waals surface area contributed by atoms with Crippen molar-refractivity contribution in [1.82, 2.24) is 15.5 Å². The maximum Gasteiger partial charge on any atom is 0.253 e. The minimum Gasteiger partial charge on any atom is -0.398 e. The molecule has 0 fully saturated rings. The summed E-state index contributed by atoms with van der Waals surface area (Å²) in [6, 6.07) is 1.48. The molecule has 0 aliphatic rings. The van der Waals surface area contributed by atoms with Gasteiger partial charge in [0.1, 0.15) is 0 Å². The quantitative estimate of drug-likeness (QED) is 0.792. The maximum absolute atomic E-state index is 13.0. The van der Waals surface area contributed by atoms with Crippen LogP contribution in [0.15, 0.2) is 23.0 Å². The molecule has 8 heteroatoms. The van der Waals surface area contributed by atoms with Crippen LogP contribution >= 0.6 is 0 Å². The lowest BCUT2D eigenvalue weighted by Crippen LogP contribution is -2.24. The van der Waals surface area contributed by atoms with Gasteiger partial charge in [-0.3, -0.25) is 4.79 Å². The topological polar surface area (TPSA) is 94.0 Å². The van der Waals surface area contributed by atoms with Crippen molar-refractivity contribution in [3.8, 4) is 0 Å². The first kappa shape index (κ1) is 12.0. The number of hydrogen-bond acceptors (Lipinski definition) is 5. The molecule has 2 aromatic rings. The molecule has 1 amide bonds. The number of carbonyl (C=O) groups excluding carboxylic acids is 1. The first-order valence-corrected chi connectivity index (χ1v) is 4.86. The molecule has 0 saturated heterocycles. The molecule has 0 aliphatic carbocycles. The normalized spacial score (nSPS) is 10.3. The minimum absolute atomic E-state index is 0.00618. The Hall–Kier alpha value is -2.51. The number of carbonyl (C=O) groups is 1. The van der Waals surface area contributed by atoms with E-state index in [2.05, 4.69) is 20.0 Å². The van der Waals surface area contributed by atoms with Gasteiger partial charge in [-0.25, -0.2) is 8.78 Å². The van der Waals surface area contributed by atoms with E-state index in [1.165, 1.54) is 0 Å². The van der Waals surface area contributed by atoms with E-state index >= 15 is 0 Å². The van der Waals surface area contributed by atoms with Gasteiger partial charge in [0, 0.05) is 11.8 Å². The van der Waals surface area contributed by atoms with Gasteiger partial charge in [0.15, 0.2) is 17.5 Å². The van der Waals surface area contributed by atoms with Crippen molar-refractivity contribution in [1.29, 1.82) is 0 Å². The molecule has 18 heavy (non-hydrogen) atoms. The van der Waals surface area contributed by atoms with Crippen LogP contribution in [-0.2, 0) is 6.54 Å². The summed E-state index contributed by atoms with van der Waals surface area (Å²) in [5, 5.41) is 5.87. The molecule has 1 heterocycles. The van der Waals surface area contributed by atoms with Crippen LogP contribution in [0.1, 0.15) is 16.2 Å². The highest BCUT2D eigenvalue weighted by molar-refractivity contribution is 5.99. The molecule has 1 aromatic carbocycles. The third-order valence-corrected chi connectivity index (χ3v) is 2.15. The van der Waals surface area contributed by atoms with E-state index in [0.717, 1.165) is 18.5 Å². The first-order valence-electron chi connectivity index (χ1n) is 4.86. The van der Waals surface area contributed by atoms with Gasteiger partial charge in [0.05, 0.1) is 12.1 Å². The largest absolute Gasteiger partial charge is 0.398 e. The Morgan fingerprint density at radius 1 is 1.39 bits per heavy atom. The lowest BCUT2D eigenvalue weighted by molar-refractivity contribution is 0.0950. The molecule has 1 aromatic heterocycles. The van der Waals surface area contributed by atoms with Gasteiger partial charge in [0.2, 0.25) is 6.39 Å². The average molecular weight is 254 g/mol. The van der Waals surface area contributed by atoms with Gasteiger partial charge < -0.3 is 15.6 Å². The highest BCUT2D eigenvalue weighted by Crippen LogP contribution is 2.16. The summed E-state index contributed by atoms with van der Waals surface area (Å²) in [7, 11) is 0. The number of amides is 1. The van der Waals surface area contributed by atoms with E-state index in [1.807, 2.05) is 0 Å². The van der Waals surface area contributed by atoms with Crippen LogP contribution in [0.2, 0.25) is 0 Å². The zero-order valence-corrected chi connectivity index (χ0v) is 8.98. The van der Waals surface area contributed by atoms with E-state index in [9.17, 15) is 13.6 Å². The molecule has 0 unspecified atom stereocenters. The van der Waals surface area contributed by atoms with Gasteiger partial charge in [-0.15, -0.1) is 0 Å². The maximum atomic E-state index is 13.0. The van der Waals surface area contributed by atoms with Crippen LogP contribution < -0.4 is 11.1 Å². The molecule has 0 aliphatic heterocycles. The zero-order chi connectivity index (χ0) is 13.1. The van der Waals surface area contributed by atoms with E-state index in [4.69, 9.17) is 5.73 Å². The number of nitrogens with two attached hydrogens (primary N) is 1. The van der Waals surface area contributed by atoms with E-state index < -0.39 is 17.5 Å². The summed E-state index contributed by atoms with van der Waals surface area (Å²) in [5.41, 5.74) is 5.11. The summed E-state index contributed by atoms with van der Waals surface area (Å²) in [6.45, 7) is -0.00618. The third kappa shape index (κ3) is 2.42. The van der Waals surface area contributed by atoms with Crippen LogP contribution in [0.4, 0.5) is 14.5 Å². The standard InChI is InChI=1S/C10H8F2N4O2/c11-6-1-5(8(13)2-7(6)12)10(17)14-3-9-15-4-18-16-9/h1-2,4H,3,13H2,(H,14,17). The second-order valence-corrected chi connectivity index (χ2v) is 3.38. The van der Waals surface area contributed by atoms with Gasteiger partial charge >= 0.3 is 0 Å². The van der Waals surface area contributed by atoms with Crippen molar-refractivity contribution < 1.29 is 18.1 Å². The molecular formula is C10H8F2N4O2. The fourth-order valence-electron chi connectivity index (χ4n) is 1.28. The van der Waals surface area contributed by atoms with Crippen LogP contribution in [0.3, 0.4) is 0 Å². The third-order valence-electron chi connectivity index (χ3n) is 2.15. The van der Waals surface area contributed by atoms with Gasteiger partial charge in [0.25, 0.3) is 5.91 Å². The number of nitrogen functional groups attached to an aromatic ring is 1. The Labute approximate surface area is 99.8 Å². The Morgan fingerprint density at radius 2 is 2.11 bits per heavy atom. The van der Waals surface area contributed by atoms with E-state index in [-0.39, 0.29) is 23.6 Å². The van der Waals surface area contributed by atoms with Crippen molar-refractivity contribution in [2.75, 3.05) is 5.73 Å². The highest BCUT2D eigenvalue weighted by Gasteiger charge is 2.14. The number of hydrogen-bond donors (Lipinski definition) is 2. The number of anilines is 1. The van der Waals surface area contributed by atoms with Gasteiger partial charge in [-0.05, 0) is 6.07 Å². The second-order valence-electron chi connectivity index (χ2n) is 3.38. The number of halogens is 2. The lowest BCUT2D eigenvalue weighted by Gasteiger charge is -2.06. The van der Waals surface area contributed by atoms with Gasteiger partial charge in [-0.1, -0.05) is 5.16 Å². The Bertz CT molecular complexity index is 572. The van der Waals surface area contributed by atoms with Crippen LogP contribution in [0.5, 0.6) is 0 Å². The van der Waals surface area contributed by atoms with Crippen LogP contribution in [0.25, 0.3) is 0 Å². The lowest BCUT2D eigenvalue weighted by atomic mass is 10.1. The minimum atomic E-state index is -1.14. The van der Waals surface area contributed by atoms with Crippen molar-refractivity contribution >= 4 is 11.6 Å². The molecule has 3 N–H and O–H groups in total. The monoisotopic (exact) mass is 254 g/mol. The predicted molar refractivity (Wildman–Crippen MR) is 56.2 cm³/mol. The van der Waals surface area contributed by atoms with Crippen molar-refractivity contribution in [2.45, 2.75) is 6.54 Å². The average Bonchev–Trinajstić information content (AvgIpc) is 2.84. The van der Waals surface area contributed by atoms with Crippen molar-refractivity contribution in [2.24, 2.45) is 0 Å². The molecule has 0 bridgehead atoms. The molecule has 0 atom stereocenters. The smallest absolute Gasteiger partial charge is 0.253 e. The number of nitrogens with zero attached hydrogens (tertiary/aromatic N) is 2. The number of aromatic nitrogens is 2. The molecule has 0 spiro atoms. The van der Waals surface area contributed by atoms with Crippen LogP contribution in [-0.4, -0.2) is 16.0 Å². The fourth-order valence-corrected chi connectivity index (χ4v) is 1.28. The summed E-state index contributed by atoms with van der Waals surface area (Å²) in [6.07, 6.45) is 1.10. The molecule has 94 valence electrons.